The molecule has 4 nitrogen and oxygen atoms in total. The number of hydrogen-bond acceptors (Lipinski definition) is 2. The summed E-state index contributed by atoms with van der Waals surface area (Å²) in [6.07, 6.45) is 7.44. The lowest BCUT2D eigenvalue weighted by atomic mass is 9.74. The molecule has 0 radical (unpaired) electrons. The Labute approximate surface area is 128 Å². The zero-order valence-electron chi connectivity index (χ0n) is 14.0. The third kappa shape index (κ3) is 3.09. The number of nitrogens with zero attached hydrogens (tertiary/aromatic N) is 1. The molecule has 1 aliphatic heterocycles. The van der Waals surface area contributed by atoms with E-state index in [9.17, 15) is 9.59 Å². The first-order valence-corrected chi connectivity index (χ1v) is 8.48. The van der Waals surface area contributed by atoms with E-state index in [1.165, 1.54) is 19.3 Å². The van der Waals surface area contributed by atoms with Crippen LogP contribution in [0.2, 0.25) is 0 Å². The van der Waals surface area contributed by atoms with Crippen LogP contribution in [-0.4, -0.2) is 34.8 Å². The van der Waals surface area contributed by atoms with E-state index < -0.39 is 5.54 Å². The van der Waals surface area contributed by atoms with Crippen LogP contribution in [0.15, 0.2) is 0 Å². The molecule has 0 spiro atoms. The van der Waals surface area contributed by atoms with Gasteiger partial charge in [0.15, 0.2) is 0 Å². The second kappa shape index (κ2) is 5.98. The standard InChI is InChI=1S/C17H30N2O2/c1-5-13-14(20)18-17(4,6-2)15(21)19(13)12-16(3)10-8-7-9-11-16/h13H,5-12H2,1-4H3,(H,18,20). The Hall–Kier alpha value is -1.06. The highest BCUT2D eigenvalue weighted by Gasteiger charge is 2.48. The quantitative estimate of drug-likeness (QED) is 0.866. The number of rotatable bonds is 4. The first-order chi connectivity index (χ1) is 9.85. The maximum Gasteiger partial charge on any atom is 0.248 e. The van der Waals surface area contributed by atoms with Crippen molar-refractivity contribution in [2.24, 2.45) is 5.41 Å². The second-order valence-corrected chi connectivity index (χ2v) is 7.40. The summed E-state index contributed by atoms with van der Waals surface area (Å²) in [5.41, 5.74) is -0.554. The molecular weight excluding hydrogens is 264 g/mol. The molecule has 1 saturated heterocycles. The zero-order valence-corrected chi connectivity index (χ0v) is 14.0. The number of carbonyl (C=O) groups is 2. The normalized spacial score (nSPS) is 33.0. The number of piperazine rings is 1. The third-order valence-electron chi connectivity index (χ3n) is 5.52. The Bertz CT molecular complexity index is 415. The molecule has 4 heteroatoms. The smallest absolute Gasteiger partial charge is 0.248 e. The highest BCUT2D eigenvalue weighted by molar-refractivity contribution is 5.99. The van der Waals surface area contributed by atoms with Crippen LogP contribution < -0.4 is 5.32 Å². The summed E-state index contributed by atoms with van der Waals surface area (Å²) in [5, 5.41) is 2.94. The number of carbonyl (C=O) groups excluding carboxylic acids is 2. The summed E-state index contributed by atoms with van der Waals surface area (Å²) < 4.78 is 0. The largest absolute Gasteiger partial charge is 0.340 e. The third-order valence-corrected chi connectivity index (χ3v) is 5.52. The van der Waals surface area contributed by atoms with Gasteiger partial charge in [-0.15, -0.1) is 0 Å². The average Bonchev–Trinajstić information content (AvgIpc) is 2.45. The lowest BCUT2D eigenvalue weighted by Crippen LogP contribution is -2.69. The number of hydrogen-bond donors (Lipinski definition) is 1. The molecule has 21 heavy (non-hydrogen) atoms. The minimum absolute atomic E-state index is 0.0147. The van der Waals surface area contributed by atoms with Gasteiger partial charge in [-0.25, -0.2) is 0 Å². The molecule has 1 N–H and O–H groups in total. The van der Waals surface area contributed by atoms with Crippen LogP contribution in [0.1, 0.15) is 72.6 Å². The summed E-state index contributed by atoms with van der Waals surface area (Å²) in [7, 11) is 0. The molecule has 0 bridgehead atoms. The minimum atomic E-state index is -0.728. The summed E-state index contributed by atoms with van der Waals surface area (Å²) in [4.78, 5) is 27.2. The van der Waals surface area contributed by atoms with Gasteiger partial charge in [0.1, 0.15) is 11.6 Å². The van der Waals surface area contributed by atoms with Crippen molar-refractivity contribution < 1.29 is 9.59 Å². The summed E-state index contributed by atoms with van der Waals surface area (Å²) in [6, 6.07) is -0.295. The molecule has 2 fully saturated rings. The van der Waals surface area contributed by atoms with E-state index in [1.807, 2.05) is 25.7 Å². The van der Waals surface area contributed by atoms with E-state index in [4.69, 9.17) is 0 Å². The molecule has 1 aliphatic carbocycles. The van der Waals surface area contributed by atoms with Gasteiger partial charge >= 0.3 is 0 Å². The van der Waals surface area contributed by atoms with E-state index in [-0.39, 0.29) is 23.3 Å². The first-order valence-electron chi connectivity index (χ1n) is 8.48. The molecule has 1 heterocycles. The Morgan fingerprint density at radius 1 is 1.14 bits per heavy atom. The van der Waals surface area contributed by atoms with Crippen LogP contribution in [0.5, 0.6) is 0 Å². The lowest BCUT2D eigenvalue weighted by Gasteiger charge is -2.48. The van der Waals surface area contributed by atoms with Crippen molar-refractivity contribution in [1.82, 2.24) is 10.2 Å². The molecule has 2 aliphatic rings. The van der Waals surface area contributed by atoms with Gasteiger partial charge in [0, 0.05) is 6.54 Å². The van der Waals surface area contributed by atoms with Crippen molar-refractivity contribution in [1.29, 1.82) is 0 Å². The predicted octanol–water partition coefficient (Wildman–Crippen LogP) is 2.86. The molecule has 0 aromatic rings. The van der Waals surface area contributed by atoms with Gasteiger partial charge in [-0.3, -0.25) is 9.59 Å². The summed E-state index contributed by atoms with van der Waals surface area (Å²) in [5.74, 6) is 0.115. The summed E-state index contributed by atoms with van der Waals surface area (Å²) >= 11 is 0. The monoisotopic (exact) mass is 294 g/mol. The van der Waals surface area contributed by atoms with Gasteiger partial charge in [-0.05, 0) is 38.0 Å². The fourth-order valence-corrected chi connectivity index (χ4v) is 3.81. The Balaban J connectivity index is 2.23. The molecule has 2 rings (SSSR count). The molecule has 120 valence electrons. The molecular formula is C17H30N2O2. The van der Waals surface area contributed by atoms with E-state index >= 15 is 0 Å². The van der Waals surface area contributed by atoms with Gasteiger partial charge < -0.3 is 10.2 Å². The molecule has 0 aromatic carbocycles. The number of amides is 2. The van der Waals surface area contributed by atoms with Crippen molar-refractivity contribution in [2.75, 3.05) is 6.54 Å². The van der Waals surface area contributed by atoms with Crippen LogP contribution in [0.3, 0.4) is 0 Å². The zero-order chi connectivity index (χ0) is 15.7. The lowest BCUT2D eigenvalue weighted by molar-refractivity contribution is -0.156. The van der Waals surface area contributed by atoms with Crippen molar-refractivity contribution >= 4 is 11.8 Å². The summed E-state index contributed by atoms with van der Waals surface area (Å²) in [6.45, 7) is 8.82. The van der Waals surface area contributed by atoms with Crippen LogP contribution >= 0.6 is 0 Å². The Morgan fingerprint density at radius 2 is 1.76 bits per heavy atom. The van der Waals surface area contributed by atoms with Crippen LogP contribution in [0.4, 0.5) is 0 Å². The Morgan fingerprint density at radius 3 is 2.29 bits per heavy atom. The molecule has 2 amide bonds. The van der Waals surface area contributed by atoms with Gasteiger partial charge in [-0.2, -0.15) is 0 Å². The van der Waals surface area contributed by atoms with Crippen molar-refractivity contribution in [3.63, 3.8) is 0 Å². The highest BCUT2D eigenvalue weighted by atomic mass is 16.2. The minimum Gasteiger partial charge on any atom is -0.340 e. The van der Waals surface area contributed by atoms with E-state index in [2.05, 4.69) is 12.2 Å². The Kier molecular flexibility index (Phi) is 4.64. The average molecular weight is 294 g/mol. The molecule has 2 unspecified atom stereocenters. The first kappa shape index (κ1) is 16.3. The second-order valence-electron chi connectivity index (χ2n) is 7.40. The molecule has 1 saturated carbocycles. The van der Waals surface area contributed by atoms with Crippen molar-refractivity contribution in [3.8, 4) is 0 Å². The fourth-order valence-electron chi connectivity index (χ4n) is 3.81. The van der Waals surface area contributed by atoms with E-state index in [0.717, 1.165) is 19.4 Å². The fraction of sp³-hybridized carbons (Fsp3) is 0.882. The van der Waals surface area contributed by atoms with Crippen LogP contribution in [0.25, 0.3) is 0 Å². The maximum atomic E-state index is 12.9. The predicted molar refractivity (Wildman–Crippen MR) is 83.8 cm³/mol. The van der Waals surface area contributed by atoms with Crippen LogP contribution in [0, 0.1) is 5.41 Å². The van der Waals surface area contributed by atoms with Gasteiger partial charge in [-0.1, -0.05) is 40.0 Å². The highest BCUT2D eigenvalue weighted by Crippen LogP contribution is 2.38. The van der Waals surface area contributed by atoms with Crippen molar-refractivity contribution in [2.45, 2.75) is 84.2 Å². The topological polar surface area (TPSA) is 49.4 Å². The molecule has 0 aromatic heterocycles. The van der Waals surface area contributed by atoms with Gasteiger partial charge in [0.05, 0.1) is 0 Å². The van der Waals surface area contributed by atoms with Crippen LogP contribution in [-0.2, 0) is 9.59 Å². The maximum absolute atomic E-state index is 12.9. The van der Waals surface area contributed by atoms with Crippen molar-refractivity contribution in [3.05, 3.63) is 0 Å². The van der Waals surface area contributed by atoms with Gasteiger partial charge in [0.2, 0.25) is 11.8 Å². The van der Waals surface area contributed by atoms with E-state index in [1.54, 1.807) is 0 Å². The number of nitrogens with one attached hydrogen (secondary N) is 1. The van der Waals surface area contributed by atoms with Gasteiger partial charge in [0.25, 0.3) is 0 Å². The molecule has 2 atom stereocenters. The SMILES string of the molecule is CCC1C(=O)NC(C)(CC)C(=O)N1CC1(C)CCCCC1. The van der Waals surface area contributed by atoms with E-state index in [0.29, 0.717) is 12.8 Å².